The molecule has 1 aromatic heterocycles. The highest BCUT2D eigenvalue weighted by molar-refractivity contribution is 5.97. The average molecular weight is 546 g/mol. The highest BCUT2D eigenvalue weighted by Gasteiger charge is 2.18. The van der Waals surface area contributed by atoms with Gasteiger partial charge in [-0.2, -0.15) is 9.59 Å². The fourth-order valence-corrected chi connectivity index (χ4v) is 4.84. The van der Waals surface area contributed by atoms with Crippen LogP contribution in [-0.4, -0.2) is 21.6 Å². The molecule has 1 atom stereocenters. The first-order valence-electron chi connectivity index (χ1n) is 13.6. The lowest BCUT2D eigenvalue weighted by Crippen LogP contribution is -2.27. The number of carbonyl (C=O) groups is 1. The van der Waals surface area contributed by atoms with Gasteiger partial charge in [-0.15, -0.1) is 0 Å². The maximum atomic E-state index is 13.1. The third-order valence-corrected chi connectivity index (χ3v) is 7.20. The fourth-order valence-electron chi connectivity index (χ4n) is 4.84. The van der Waals surface area contributed by atoms with Gasteiger partial charge in [0.25, 0.3) is 5.91 Å². The zero-order valence-electron chi connectivity index (χ0n) is 24.1. The van der Waals surface area contributed by atoms with Crippen molar-refractivity contribution in [1.29, 1.82) is 0 Å². The Labute approximate surface area is 241 Å². The molecule has 4 aromatic carbocycles. The molecule has 0 unspecified atom stereocenters. The molecule has 5 rings (SSSR count). The Morgan fingerprint density at radius 1 is 0.878 bits per heavy atom. The van der Waals surface area contributed by atoms with Crippen LogP contribution in [0.5, 0.6) is 0 Å². The van der Waals surface area contributed by atoms with Crippen molar-refractivity contribution in [3.63, 3.8) is 0 Å². The summed E-state index contributed by atoms with van der Waals surface area (Å²) in [5, 5.41) is 3.16. The number of aryl methyl sites for hydroxylation is 1. The number of imidazole rings is 1. The highest BCUT2D eigenvalue weighted by Crippen LogP contribution is 2.26. The molecular formula is C35H35N3O3. The molecule has 5 aromatic rings. The Morgan fingerprint density at radius 2 is 1.54 bits per heavy atom. The van der Waals surface area contributed by atoms with E-state index in [4.69, 9.17) is 14.6 Å². The van der Waals surface area contributed by atoms with Crippen molar-refractivity contribution in [2.45, 2.75) is 52.6 Å². The van der Waals surface area contributed by atoms with Crippen molar-refractivity contribution < 1.29 is 14.4 Å². The number of carbonyl (C=O) groups excluding carboxylic acids is 3. The van der Waals surface area contributed by atoms with Crippen LogP contribution in [0.15, 0.2) is 97.1 Å². The zero-order valence-corrected chi connectivity index (χ0v) is 24.1. The van der Waals surface area contributed by atoms with Crippen LogP contribution in [0.3, 0.4) is 0 Å². The van der Waals surface area contributed by atoms with Gasteiger partial charge >= 0.3 is 6.15 Å². The van der Waals surface area contributed by atoms with Gasteiger partial charge in [0, 0.05) is 12.1 Å². The lowest BCUT2D eigenvalue weighted by atomic mass is 9.85. The zero-order chi connectivity index (χ0) is 29.6. The van der Waals surface area contributed by atoms with Crippen LogP contribution in [0.1, 0.15) is 66.6 Å². The second-order valence-corrected chi connectivity index (χ2v) is 11.2. The summed E-state index contributed by atoms with van der Waals surface area (Å²) in [6.07, 6.45) is 0.250. The van der Waals surface area contributed by atoms with Gasteiger partial charge in [0.2, 0.25) is 0 Å². The average Bonchev–Trinajstić information content (AvgIpc) is 3.27. The molecule has 1 amide bonds. The number of hydrogen-bond acceptors (Lipinski definition) is 4. The Bertz CT molecular complexity index is 1670. The van der Waals surface area contributed by atoms with Gasteiger partial charge in [-0.1, -0.05) is 99.6 Å². The monoisotopic (exact) mass is 545 g/mol. The topological polar surface area (TPSA) is 81.1 Å². The smallest absolute Gasteiger partial charge is 0.346 e. The second kappa shape index (κ2) is 12.6. The first-order valence-corrected chi connectivity index (χ1v) is 13.6. The molecule has 1 N–H and O–H groups in total. The number of hydrogen-bond donors (Lipinski definition) is 1. The molecule has 0 aliphatic carbocycles. The summed E-state index contributed by atoms with van der Waals surface area (Å²) in [7, 11) is 0. The molecular weight excluding hydrogens is 510 g/mol. The maximum Gasteiger partial charge on any atom is 0.373 e. The van der Waals surface area contributed by atoms with Crippen molar-refractivity contribution in [3.05, 3.63) is 125 Å². The number of benzene rings is 4. The normalized spacial score (nSPS) is 11.7. The van der Waals surface area contributed by atoms with E-state index in [1.165, 1.54) is 22.3 Å². The molecule has 0 aliphatic heterocycles. The standard InChI is InChI=1S/C34H35N3O.CO2/c1-23(28-12-9-13-30(20-28)34(3,4)5)35-33(38)29-18-19-32-31(21-29)36-24(2)37(32)22-25-14-16-27(17-15-25)26-10-7-6-8-11-26;2-1-3/h6-21,23H,22H2,1-5H3,(H,35,38);/t23-;/m0./s1. The summed E-state index contributed by atoms with van der Waals surface area (Å²) in [6, 6.07) is 33.2. The minimum absolute atomic E-state index is 0.0609. The SMILES string of the molecule is Cc1nc2cc(C(=O)N[C@@H](C)c3cccc(C(C)(C)C)c3)ccc2n1Cc1ccc(-c2ccccc2)cc1.O=C=O. The molecule has 0 spiro atoms. The molecule has 208 valence electrons. The van der Waals surface area contributed by atoms with Crippen molar-refractivity contribution in [2.75, 3.05) is 0 Å². The van der Waals surface area contributed by atoms with Gasteiger partial charge in [-0.3, -0.25) is 4.79 Å². The lowest BCUT2D eigenvalue weighted by molar-refractivity contribution is -0.191. The van der Waals surface area contributed by atoms with Crippen LogP contribution in [0.2, 0.25) is 0 Å². The number of aromatic nitrogens is 2. The van der Waals surface area contributed by atoms with Crippen molar-refractivity contribution >= 4 is 23.1 Å². The Morgan fingerprint density at radius 3 is 2.20 bits per heavy atom. The van der Waals surface area contributed by atoms with Crippen molar-refractivity contribution in [2.24, 2.45) is 0 Å². The van der Waals surface area contributed by atoms with Crippen LogP contribution in [0, 0.1) is 6.92 Å². The molecule has 0 aliphatic rings. The van der Waals surface area contributed by atoms with E-state index in [1.807, 2.05) is 38.1 Å². The summed E-state index contributed by atoms with van der Waals surface area (Å²) in [5.74, 6) is 0.835. The quantitative estimate of drug-likeness (QED) is 0.243. The summed E-state index contributed by atoms with van der Waals surface area (Å²) >= 11 is 0. The largest absolute Gasteiger partial charge is 0.373 e. The third-order valence-electron chi connectivity index (χ3n) is 7.20. The summed E-state index contributed by atoms with van der Waals surface area (Å²) < 4.78 is 2.20. The van der Waals surface area contributed by atoms with Crippen LogP contribution < -0.4 is 5.32 Å². The van der Waals surface area contributed by atoms with Crippen molar-refractivity contribution in [3.8, 4) is 11.1 Å². The van der Waals surface area contributed by atoms with Crippen LogP contribution >= 0.6 is 0 Å². The number of rotatable bonds is 6. The van der Waals surface area contributed by atoms with Gasteiger partial charge in [-0.25, -0.2) is 4.98 Å². The van der Waals surface area contributed by atoms with Crippen LogP contribution in [-0.2, 0) is 21.5 Å². The Hall–Kier alpha value is -4.80. The van der Waals surface area contributed by atoms with Gasteiger partial charge in [-0.05, 0) is 65.3 Å². The Balaban J connectivity index is 0.00000124. The number of amides is 1. The van der Waals surface area contributed by atoms with E-state index in [2.05, 4.69) is 103 Å². The third kappa shape index (κ3) is 7.05. The minimum atomic E-state index is -0.0985. The summed E-state index contributed by atoms with van der Waals surface area (Å²) in [4.78, 5) is 34.2. The molecule has 6 heteroatoms. The summed E-state index contributed by atoms with van der Waals surface area (Å²) in [6.45, 7) is 11.4. The number of nitrogens with one attached hydrogen (secondary N) is 1. The van der Waals surface area contributed by atoms with Crippen LogP contribution in [0.4, 0.5) is 0 Å². The molecule has 0 radical (unpaired) electrons. The highest BCUT2D eigenvalue weighted by atomic mass is 16.2. The number of nitrogens with zero attached hydrogens (tertiary/aromatic N) is 2. The van der Waals surface area contributed by atoms with E-state index in [0.29, 0.717) is 5.56 Å². The molecule has 6 nitrogen and oxygen atoms in total. The molecule has 0 bridgehead atoms. The predicted octanol–water partition coefficient (Wildman–Crippen LogP) is 7.27. The van der Waals surface area contributed by atoms with Crippen LogP contribution in [0.25, 0.3) is 22.2 Å². The van der Waals surface area contributed by atoms with Crippen molar-refractivity contribution in [1.82, 2.24) is 14.9 Å². The molecule has 0 fully saturated rings. The summed E-state index contributed by atoms with van der Waals surface area (Å²) in [5.41, 5.74) is 8.52. The van der Waals surface area contributed by atoms with E-state index in [9.17, 15) is 4.79 Å². The number of fused-ring (bicyclic) bond motifs is 1. The maximum absolute atomic E-state index is 13.1. The van der Waals surface area contributed by atoms with E-state index in [-0.39, 0.29) is 23.5 Å². The lowest BCUT2D eigenvalue weighted by Gasteiger charge is -2.22. The van der Waals surface area contributed by atoms with Gasteiger partial charge in [0.1, 0.15) is 5.82 Å². The van der Waals surface area contributed by atoms with Gasteiger partial charge in [0.05, 0.1) is 17.1 Å². The van der Waals surface area contributed by atoms with Gasteiger partial charge < -0.3 is 9.88 Å². The molecule has 0 saturated heterocycles. The van der Waals surface area contributed by atoms with E-state index < -0.39 is 0 Å². The first-order chi connectivity index (χ1) is 19.6. The minimum Gasteiger partial charge on any atom is -0.346 e. The van der Waals surface area contributed by atoms with E-state index >= 15 is 0 Å². The molecule has 1 heterocycles. The fraction of sp³-hybridized carbons (Fsp3) is 0.229. The predicted molar refractivity (Wildman–Crippen MR) is 161 cm³/mol. The first kappa shape index (κ1) is 29.2. The molecule has 41 heavy (non-hydrogen) atoms. The second-order valence-electron chi connectivity index (χ2n) is 11.2. The Kier molecular flexibility index (Phi) is 8.96. The van der Waals surface area contributed by atoms with E-state index in [0.717, 1.165) is 29.0 Å². The molecule has 0 saturated carbocycles. The van der Waals surface area contributed by atoms with E-state index in [1.54, 1.807) is 0 Å². The van der Waals surface area contributed by atoms with Gasteiger partial charge in [0.15, 0.2) is 0 Å².